The molecule has 2 aromatic heterocycles. The minimum Gasteiger partial charge on any atom is -0.309 e. The highest BCUT2D eigenvalue weighted by Gasteiger charge is 2.11. The van der Waals surface area contributed by atoms with Gasteiger partial charge >= 0.3 is 0 Å². The maximum absolute atomic E-state index is 2.35. The minimum atomic E-state index is 0.883. The highest BCUT2D eigenvalue weighted by atomic mass is 15.0. The molecule has 0 amide bonds. The summed E-state index contributed by atoms with van der Waals surface area (Å²) in [4.78, 5) is 0. The van der Waals surface area contributed by atoms with E-state index in [0.717, 1.165) is 6.54 Å². The Morgan fingerprint density at radius 1 is 0.667 bits per heavy atom. The third-order valence-corrected chi connectivity index (χ3v) is 5.20. The molecule has 5 rings (SSSR count). The van der Waals surface area contributed by atoms with Gasteiger partial charge in [-0.05, 0) is 36.8 Å². The molecule has 0 aliphatic carbocycles. The molecule has 5 aromatic rings. The lowest BCUT2D eigenvalue weighted by atomic mass is 10.2. The van der Waals surface area contributed by atoms with Crippen LogP contribution >= 0.6 is 0 Å². The van der Waals surface area contributed by atoms with Crippen molar-refractivity contribution in [2.45, 2.75) is 13.5 Å². The average molecular weight is 349 g/mol. The van der Waals surface area contributed by atoms with Crippen molar-refractivity contribution in [2.75, 3.05) is 0 Å². The zero-order chi connectivity index (χ0) is 18.2. The fourth-order valence-electron chi connectivity index (χ4n) is 3.80. The Hall–Kier alpha value is -3.39. The van der Waals surface area contributed by atoms with Crippen LogP contribution in [0.3, 0.4) is 0 Å². The van der Waals surface area contributed by atoms with Crippen molar-refractivity contribution in [3.05, 3.63) is 108 Å². The number of pyridine rings is 1. The molecule has 0 unspecified atom stereocenters. The predicted molar refractivity (Wildman–Crippen MR) is 111 cm³/mol. The van der Waals surface area contributed by atoms with E-state index in [0.29, 0.717) is 0 Å². The number of rotatable bonds is 3. The van der Waals surface area contributed by atoms with E-state index in [4.69, 9.17) is 0 Å². The Labute approximate surface area is 158 Å². The number of fused-ring (bicyclic) bond motifs is 3. The first-order chi connectivity index (χ1) is 13.3. The number of nitrogens with zero attached hydrogens (tertiary/aromatic N) is 2. The van der Waals surface area contributed by atoms with E-state index in [1.807, 2.05) is 0 Å². The summed E-state index contributed by atoms with van der Waals surface area (Å²) in [5, 5.41) is 2.60. The molecular formula is C25H21N2+. The number of aromatic nitrogens is 2. The standard InChI is InChI=1S/C25H21N2/c1-19-14-16-26(17-15-19)18-20-10-12-21(13-11-20)27-24-8-4-2-6-22(24)23-7-3-5-9-25(23)27/h2-17H,18H2,1H3/q+1. The van der Waals surface area contributed by atoms with Crippen molar-refractivity contribution in [3.63, 3.8) is 0 Å². The van der Waals surface area contributed by atoms with Gasteiger partial charge in [0.25, 0.3) is 0 Å². The van der Waals surface area contributed by atoms with E-state index < -0.39 is 0 Å². The topological polar surface area (TPSA) is 8.81 Å². The van der Waals surface area contributed by atoms with Crippen LogP contribution in [0.1, 0.15) is 11.1 Å². The molecular weight excluding hydrogens is 328 g/mol. The molecule has 0 aliphatic heterocycles. The predicted octanol–water partition coefficient (Wildman–Crippen LogP) is 5.43. The first kappa shape index (κ1) is 15.8. The van der Waals surface area contributed by atoms with Gasteiger partial charge in [-0.1, -0.05) is 48.5 Å². The molecule has 0 bridgehead atoms. The van der Waals surface area contributed by atoms with Crippen LogP contribution in [0.15, 0.2) is 97.3 Å². The maximum atomic E-state index is 2.35. The molecule has 0 aliphatic rings. The Balaban J connectivity index is 1.57. The maximum Gasteiger partial charge on any atom is 0.173 e. The van der Waals surface area contributed by atoms with Crippen molar-refractivity contribution in [2.24, 2.45) is 0 Å². The van der Waals surface area contributed by atoms with Crippen molar-refractivity contribution >= 4 is 21.8 Å². The fourth-order valence-corrected chi connectivity index (χ4v) is 3.80. The third kappa shape index (κ3) is 2.80. The van der Waals surface area contributed by atoms with Crippen molar-refractivity contribution in [1.82, 2.24) is 4.57 Å². The third-order valence-electron chi connectivity index (χ3n) is 5.20. The van der Waals surface area contributed by atoms with Crippen LogP contribution in [0.5, 0.6) is 0 Å². The normalized spacial score (nSPS) is 11.3. The zero-order valence-corrected chi connectivity index (χ0v) is 15.3. The molecule has 2 nitrogen and oxygen atoms in total. The van der Waals surface area contributed by atoms with Gasteiger partial charge in [0, 0.05) is 34.2 Å². The van der Waals surface area contributed by atoms with Crippen LogP contribution in [-0.4, -0.2) is 4.57 Å². The Morgan fingerprint density at radius 3 is 1.81 bits per heavy atom. The first-order valence-electron chi connectivity index (χ1n) is 9.33. The lowest BCUT2D eigenvalue weighted by molar-refractivity contribution is -0.688. The van der Waals surface area contributed by atoms with E-state index in [2.05, 4.69) is 113 Å². The summed E-state index contributed by atoms with van der Waals surface area (Å²) < 4.78 is 4.57. The van der Waals surface area contributed by atoms with E-state index >= 15 is 0 Å². The second-order valence-electron chi connectivity index (χ2n) is 7.08. The monoisotopic (exact) mass is 349 g/mol. The fraction of sp³-hybridized carbons (Fsp3) is 0.0800. The molecule has 0 saturated heterocycles. The molecule has 130 valence electrons. The summed E-state index contributed by atoms with van der Waals surface area (Å²) in [6, 6.07) is 30.5. The summed E-state index contributed by atoms with van der Waals surface area (Å²) in [5.41, 5.74) is 6.28. The number of para-hydroxylation sites is 2. The highest BCUT2D eigenvalue weighted by molar-refractivity contribution is 6.09. The molecule has 0 fully saturated rings. The molecule has 0 spiro atoms. The average Bonchev–Trinajstić information content (AvgIpc) is 3.05. The Kier molecular flexibility index (Phi) is 3.75. The number of hydrogen-bond donors (Lipinski definition) is 0. The van der Waals surface area contributed by atoms with Gasteiger partial charge in [-0.3, -0.25) is 0 Å². The lowest BCUT2D eigenvalue weighted by Crippen LogP contribution is -2.33. The Morgan fingerprint density at radius 2 is 1.22 bits per heavy atom. The van der Waals surface area contributed by atoms with Crippen LogP contribution in [0.4, 0.5) is 0 Å². The lowest BCUT2D eigenvalue weighted by Gasteiger charge is -2.08. The first-order valence-corrected chi connectivity index (χ1v) is 9.33. The van der Waals surface area contributed by atoms with Gasteiger partial charge in [-0.2, -0.15) is 0 Å². The molecule has 2 heteroatoms. The second-order valence-corrected chi connectivity index (χ2v) is 7.08. The van der Waals surface area contributed by atoms with E-state index in [1.165, 1.54) is 38.6 Å². The number of aryl methyl sites for hydroxylation is 1. The molecule has 2 heterocycles. The highest BCUT2D eigenvalue weighted by Crippen LogP contribution is 2.31. The smallest absolute Gasteiger partial charge is 0.173 e. The van der Waals surface area contributed by atoms with Crippen LogP contribution in [0.25, 0.3) is 27.5 Å². The minimum absolute atomic E-state index is 0.883. The van der Waals surface area contributed by atoms with Gasteiger partial charge < -0.3 is 4.57 Å². The summed E-state index contributed by atoms with van der Waals surface area (Å²) >= 11 is 0. The SMILES string of the molecule is Cc1cc[n+](Cc2ccc(-n3c4ccccc4c4ccccc43)cc2)cc1. The van der Waals surface area contributed by atoms with Gasteiger partial charge in [0.15, 0.2) is 18.9 Å². The molecule has 0 radical (unpaired) electrons. The van der Waals surface area contributed by atoms with E-state index in [-0.39, 0.29) is 0 Å². The van der Waals surface area contributed by atoms with Crippen molar-refractivity contribution < 1.29 is 4.57 Å². The Bertz CT molecular complexity index is 1180. The number of hydrogen-bond acceptors (Lipinski definition) is 0. The summed E-state index contributed by atoms with van der Waals surface area (Å²) in [6.45, 7) is 3.00. The molecule has 3 aromatic carbocycles. The van der Waals surface area contributed by atoms with Gasteiger partial charge in [-0.15, -0.1) is 0 Å². The molecule has 0 atom stereocenters. The van der Waals surface area contributed by atoms with Gasteiger partial charge in [0.1, 0.15) is 0 Å². The number of benzene rings is 3. The molecule has 0 N–H and O–H groups in total. The van der Waals surface area contributed by atoms with Gasteiger partial charge in [-0.25, -0.2) is 4.57 Å². The van der Waals surface area contributed by atoms with Crippen LogP contribution in [-0.2, 0) is 6.54 Å². The van der Waals surface area contributed by atoms with E-state index in [9.17, 15) is 0 Å². The largest absolute Gasteiger partial charge is 0.309 e. The van der Waals surface area contributed by atoms with Crippen molar-refractivity contribution in [1.29, 1.82) is 0 Å². The van der Waals surface area contributed by atoms with Gasteiger partial charge in [0.05, 0.1) is 11.0 Å². The zero-order valence-electron chi connectivity index (χ0n) is 15.3. The molecule has 27 heavy (non-hydrogen) atoms. The quantitative estimate of drug-likeness (QED) is 0.384. The second kappa shape index (κ2) is 6.40. The van der Waals surface area contributed by atoms with Crippen molar-refractivity contribution in [3.8, 4) is 5.69 Å². The summed E-state index contributed by atoms with van der Waals surface area (Å²) in [7, 11) is 0. The van der Waals surface area contributed by atoms with Gasteiger partial charge in [0.2, 0.25) is 0 Å². The summed E-state index contributed by atoms with van der Waals surface area (Å²) in [6.07, 6.45) is 4.27. The van der Waals surface area contributed by atoms with Crippen LogP contribution in [0, 0.1) is 6.92 Å². The molecule has 0 saturated carbocycles. The van der Waals surface area contributed by atoms with Crippen LogP contribution < -0.4 is 4.57 Å². The van der Waals surface area contributed by atoms with Crippen LogP contribution in [0.2, 0.25) is 0 Å². The summed E-state index contributed by atoms with van der Waals surface area (Å²) in [5.74, 6) is 0. The van der Waals surface area contributed by atoms with E-state index in [1.54, 1.807) is 0 Å².